The largest absolute Gasteiger partial charge is 0.338 e. The van der Waals surface area contributed by atoms with Gasteiger partial charge in [-0.15, -0.1) is 5.10 Å². The lowest BCUT2D eigenvalue weighted by Crippen LogP contribution is -2.02. The van der Waals surface area contributed by atoms with Gasteiger partial charge < -0.3 is 10.6 Å². The number of nitrogens with zero attached hydrogens (tertiary/aromatic N) is 3. The van der Waals surface area contributed by atoms with Gasteiger partial charge in [-0.2, -0.15) is 10.1 Å². The van der Waals surface area contributed by atoms with E-state index in [1.54, 1.807) is 18.2 Å². The normalized spacial score (nSPS) is 10.5. The monoisotopic (exact) mass is 383 g/mol. The van der Waals surface area contributed by atoms with Crippen LogP contribution in [0.25, 0.3) is 0 Å². The first-order chi connectivity index (χ1) is 11.5. The van der Waals surface area contributed by atoms with Crippen molar-refractivity contribution in [3.8, 4) is 0 Å². The summed E-state index contributed by atoms with van der Waals surface area (Å²) in [5, 5.41) is 14.6. The van der Waals surface area contributed by atoms with Crippen molar-refractivity contribution in [1.82, 2.24) is 15.2 Å². The fraction of sp³-hybridized carbons (Fsp3) is 0. The fourth-order valence-corrected chi connectivity index (χ4v) is 2.37. The van der Waals surface area contributed by atoms with E-state index in [4.69, 9.17) is 34.8 Å². The molecule has 3 aromatic rings. The maximum atomic E-state index is 13.2. The average molecular weight is 385 g/mol. The van der Waals surface area contributed by atoms with Crippen molar-refractivity contribution in [2.75, 3.05) is 10.6 Å². The van der Waals surface area contributed by atoms with Crippen LogP contribution in [-0.4, -0.2) is 15.2 Å². The molecule has 0 amide bonds. The molecule has 9 heteroatoms. The van der Waals surface area contributed by atoms with Crippen LogP contribution in [0.1, 0.15) is 0 Å². The van der Waals surface area contributed by atoms with Gasteiger partial charge in [-0.05, 0) is 36.4 Å². The maximum absolute atomic E-state index is 13.2. The molecule has 2 N–H and O–H groups in total. The first-order valence-electron chi connectivity index (χ1n) is 6.65. The second-order valence-corrected chi connectivity index (χ2v) is 5.92. The Morgan fingerprint density at radius 1 is 0.917 bits per heavy atom. The van der Waals surface area contributed by atoms with E-state index >= 15 is 0 Å². The second kappa shape index (κ2) is 7.17. The summed E-state index contributed by atoms with van der Waals surface area (Å²) in [6.45, 7) is 0. The molecule has 0 aliphatic rings. The zero-order valence-corrected chi connectivity index (χ0v) is 14.2. The zero-order valence-electron chi connectivity index (χ0n) is 11.9. The highest BCUT2D eigenvalue weighted by atomic mass is 35.5. The van der Waals surface area contributed by atoms with Gasteiger partial charge in [0, 0.05) is 10.7 Å². The lowest BCUT2D eigenvalue weighted by molar-refractivity contribution is 0.628. The molecule has 1 aromatic heterocycles. The van der Waals surface area contributed by atoms with E-state index in [0.29, 0.717) is 27.2 Å². The summed E-state index contributed by atoms with van der Waals surface area (Å²) in [6, 6.07) is 9.19. The van der Waals surface area contributed by atoms with Gasteiger partial charge in [-0.1, -0.05) is 34.8 Å². The molecule has 3 rings (SSSR count). The molecule has 0 bridgehead atoms. The highest BCUT2D eigenvalue weighted by Crippen LogP contribution is 2.28. The molecule has 5 nitrogen and oxygen atoms in total. The van der Waals surface area contributed by atoms with E-state index in [1.807, 2.05) is 0 Å². The molecule has 0 saturated carbocycles. The molecule has 0 radical (unpaired) electrons. The highest BCUT2D eigenvalue weighted by molar-refractivity contribution is 6.35. The van der Waals surface area contributed by atoms with E-state index in [2.05, 4.69) is 25.8 Å². The van der Waals surface area contributed by atoms with Gasteiger partial charge in [0.05, 0.1) is 21.9 Å². The smallest absolute Gasteiger partial charge is 0.249 e. The summed E-state index contributed by atoms with van der Waals surface area (Å²) >= 11 is 17.8. The van der Waals surface area contributed by atoms with E-state index in [0.717, 1.165) is 0 Å². The predicted octanol–water partition coefficient (Wildman–Crippen LogP) is 5.46. The van der Waals surface area contributed by atoms with E-state index in [1.165, 1.54) is 24.4 Å². The second-order valence-electron chi connectivity index (χ2n) is 4.67. The molecule has 0 fully saturated rings. The van der Waals surface area contributed by atoms with Crippen LogP contribution in [0.3, 0.4) is 0 Å². The number of halogens is 4. The molecule has 1 heterocycles. The van der Waals surface area contributed by atoms with Gasteiger partial charge in [0.1, 0.15) is 5.82 Å². The topological polar surface area (TPSA) is 62.7 Å². The Hall–Kier alpha value is -2.15. The lowest BCUT2D eigenvalue weighted by atomic mass is 10.3. The number of benzene rings is 2. The summed E-state index contributed by atoms with van der Waals surface area (Å²) in [4.78, 5) is 4.25. The van der Waals surface area contributed by atoms with Crippen LogP contribution in [-0.2, 0) is 0 Å². The van der Waals surface area contributed by atoms with Crippen LogP contribution in [0.2, 0.25) is 15.1 Å². The van der Waals surface area contributed by atoms with Crippen LogP contribution in [0, 0.1) is 5.82 Å². The molecule has 0 spiro atoms. The highest BCUT2D eigenvalue weighted by Gasteiger charge is 2.07. The average Bonchev–Trinajstić information content (AvgIpc) is 2.55. The van der Waals surface area contributed by atoms with Crippen LogP contribution in [0.5, 0.6) is 0 Å². The Bertz CT molecular complexity index is 891. The predicted molar refractivity (Wildman–Crippen MR) is 94.3 cm³/mol. The minimum atomic E-state index is -0.507. The maximum Gasteiger partial charge on any atom is 0.249 e. The van der Waals surface area contributed by atoms with Crippen molar-refractivity contribution in [3.63, 3.8) is 0 Å². The van der Waals surface area contributed by atoms with Crippen molar-refractivity contribution >= 4 is 57.9 Å². The molecule has 0 aliphatic carbocycles. The number of anilines is 4. The molecule has 0 atom stereocenters. The molecule has 24 heavy (non-hydrogen) atoms. The number of rotatable bonds is 4. The third-order valence-corrected chi connectivity index (χ3v) is 3.78. The molecule has 122 valence electrons. The third kappa shape index (κ3) is 4.03. The van der Waals surface area contributed by atoms with E-state index in [-0.39, 0.29) is 11.0 Å². The first-order valence-corrected chi connectivity index (χ1v) is 7.78. The van der Waals surface area contributed by atoms with Gasteiger partial charge in [-0.25, -0.2) is 4.39 Å². The lowest BCUT2D eigenvalue weighted by Gasteiger charge is -2.09. The van der Waals surface area contributed by atoms with Crippen LogP contribution >= 0.6 is 34.8 Å². The molecule has 0 saturated heterocycles. The Kier molecular flexibility index (Phi) is 4.99. The summed E-state index contributed by atoms with van der Waals surface area (Å²) in [6.07, 6.45) is 1.43. The van der Waals surface area contributed by atoms with E-state index < -0.39 is 5.82 Å². The third-order valence-electron chi connectivity index (χ3n) is 2.93. The summed E-state index contributed by atoms with van der Waals surface area (Å²) in [5.41, 5.74) is 1.11. The SMILES string of the molecule is Fc1ccc(Nc2nncc(Nc3cc(Cl)ccc3Cl)n2)cc1Cl. The Balaban J connectivity index is 1.81. The summed E-state index contributed by atoms with van der Waals surface area (Å²) in [5.74, 6) is 0.109. The van der Waals surface area contributed by atoms with Gasteiger partial charge in [-0.3, -0.25) is 0 Å². The van der Waals surface area contributed by atoms with Gasteiger partial charge in [0.2, 0.25) is 5.95 Å². The minimum Gasteiger partial charge on any atom is -0.338 e. The van der Waals surface area contributed by atoms with Crippen LogP contribution in [0.15, 0.2) is 42.6 Å². The van der Waals surface area contributed by atoms with Gasteiger partial charge in [0.25, 0.3) is 0 Å². The molecule has 0 aliphatic heterocycles. The van der Waals surface area contributed by atoms with Crippen molar-refractivity contribution in [2.24, 2.45) is 0 Å². The fourth-order valence-electron chi connectivity index (χ4n) is 1.85. The Labute approximate surface area is 151 Å². The van der Waals surface area contributed by atoms with Crippen molar-refractivity contribution < 1.29 is 4.39 Å². The minimum absolute atomic E-state index is 0.00653. The quantitative estimate of drug-likeness (QED) is 0.625. The molecular weight excluding hydrogens is 376 g/mol. The number of nitrogens with one attached hydrogen (secondary N) is 2. The summed E-state index contributed by atoms with van der Waals surface area (Å²) in [7, 11) is 0. The Morgan fingerprint density at radius 2 is 1.75 bits per heavy atom. The van der Waals surface area contributed by atoms with Crippen molar-refractivity contribution in [3.05, 3.63) is 63.5 Å². The van der Waals surface area contributed by atoms with Gasteiger partial charge >= 0.3 is 0 Å². The molecule has 2 aromatic carbocycles. The number of hydrogen-bond donors (Lipinski definition) is 2. The number of hydrogen-bond acceptors (Lipinski definition) is 5. The van der Waals surface area contributed by atoms with Crippen molar-refractivity contribution in [1.29, 1.82) is 0 Å². The standard InChI is InChI=1S/C15H9Cl3FN5/c16-8-1-3-10(17)13(5-8)22-14-7-20-24-15(23-14)21-9-2-4-12(19)11(18)6-9/h1-7H,(H2,21,22,23,24). The van der Waals surface area contributed by atoms with Crippen LogP contribution < -0.4 is 10.6 Å². The first kappa shape index (κ1) is 16.7. The van der Waals surface area contributed by atoms with E-state index in [9.17, 15) is 4.39 Å². The van der Waals surface area contributed by atoms with Gasteiger partial charge in [0.15, 0.2) is 5.82 Å². The van der Waals surface area contributed by atoms with Crippen molar-refractivity contribution in [2.45, 2.75) is 0 Å². The zero-order chi connectivity index (χ0) is 17.1. The summed E-state index contributed by atoms with van der Waals surface area (Å²) < 4.78 is 13.2. The van der Waals surface area contributed by atoms with Crippen LogP contribution in [0.4, 0.5) is 27.5 Å². The molecule has 0 unspecified atom stereocenters. The molecular formula is C15H9Cl3FN5. The number of aromatic nitrogens is 3. The Morgan fingerprint density at radius 3 is 2.54 bits per heavy atom.